The summed E-state index contributed by atoms with van der Waals surface area (Å²) in [5.74, 6) is -0.475. The molecular weight excluding hydrogens is 356 g/mol. The molecule has 0 saturated heterocycles. The van der Waals surface area contributed by atoms with Crippen molar-refractivity contribution in [3.8, 4) is 5.75 Å². The Labute approximate surface area is 161 Å². The van der Waals surface area contributed by atoms with E-state index in [0.717, 1.165) is 22.5 Å². The lowest BCUT2D eigenvalue weighted by Gasteiger charge is -1.99. The lowest BCUT2D eigenvalue weighted by Crippen LogP contribution is -1.95. The standard InChI is InChI=1S/C22H16N2O4/c25-15-28-21-11-3-17(4-12-21)14-24-20-9-7-19(8-10-20)23-13-16-1-5-18(6-2-16)22(26)27/h1-15H,(H,26,27). The van der Waals surface area contributed by atoms with Gasteiger partial charge in [-0.25, -0.2) is 4.79 Å². The van der Waals surface area contributed by atoms with Crippen LogP contribution in [0.5, 0.6) is 5.75 Å². The molecule has 6 heteroatoms. The van der Waals surface area contributed by atoms with Crippen molar-refractivity contribution >= 4 is 36.2 Å². The van der Waals surface area contributed by atoms with Crippen molar-refractivity contribution in [2.75, 3.05) is 0 Å². The third-order valence-electron chi connectivity index (χ3n) is 3.80. The summed E-state index contributed by atoms with van der Waals surface area (Å²) in [6.45, 7) is 0.387. The van der Waals surface area contributed by atoms with Crippen LogP contribution in [0.3, 0.4) is 0 Å². The van der Waals surface area contributed by atoms with Crippen molar-refractivity contribution in [3.63, 3.8) is 0 Å². The first-order chi connectivity index (χ1) is 13.6. The summed E-state index contributed by atoms with van der Waals surface area (Å²) < 4.78 is 4.74. The Morgan fingerprint density at radius 1 is 0.750 bits per heavy atom. The first-order valence-corrected chi connectivity index (χ1v) is 8.36. The van der Waals surface area contributed by atoms with Gasteiger partial charge in [0.1, 0.15) is 5.75 Å². The second kappa shape index (κ2) is 9.05. The molecule has 6 nitrogen and oxygen atoms in total. The molecule has 0 aliphatic carbocycles. The van der Waals surface area contributed by atoms with Crippen LogP contribution in [0, 0.1) is 0 Å². The Bertz CT molecular complexity index is 1010. The summed E-state index contributed by atoms with van der Waals surface area (Å²) in [6.07, 6.45) is 3.39. The van der Waals surface area contributed by atoms with Gasteiger partial charge < -0.3 is 9.84 Å². The summed E-state index contributed by atoms with van der Waals surface area (Å²) >= 11 is 0. The molecule has 3 rings (SSSR count). The molecule has 0 unspecified atom stereocenters. The number of benzene rings is 3. The monoisotopic (exact) mass is 372 g/mol. The van der Waals surface area contributed by atoms with Crippen molar-refractivity contribution in [3.05, 3.63) is 89.5 Å². The van der Waals surface area contributed by atoms with Crippen LogP contribution in [-0.2, 0) is 4.79 Å². The van der Waals surface area contributed by atoms with E-state index in [1.807, 2.05) is 24.3 Å². The number of hydrogen-bond acceptors (Lipinski definition) is 5. The minimum Gasteiger partial charge on any atom is -0.478 e. The number of carbonyl (C=O) groups excluding carboxylic acids is 1. The van der Waals surface area contributed by atoms with Gasteiger partial charge in [0, 0.05) is 12.4 Å². The fourth-order valence-corrected chi connectivity index (χ4v) is 2.32. The van der Waals surface area contributed by atoms with Gasteiger partial charge in [0.05, 0.1) is 16.9 Å². The number of carbonyl (C=O) groups is 2. The Hall–Kier alpha value is -4.06. The van der Waals surface area contributed by atoms with Crippen molar-refractivity contribution in [1.29, 1.82) is 0 Å². The highest BCUT2D eigenvalue weighted by Crippen LogP contribution is 2.19. The van der Waals surface area contributed by atoms with E-state index in [9.17, 15) is 9.59 Å². The van der Waals surface area contributed by atoms with Crippen molar-refractivity contribution < 1.29 is 19.4 Å². The van der Waals surface area contributed by atoms with Crippen molar-refractivity contribution in [2.24, 2.45) is 9.98 Å². The van der Waals surface area contributed by atoms with E-state index in [4.69, 9.17) is 9.84 Å². The van der Waals surface area contributed by atoms with Gasteiger partial charge in [-0.15, -0.1) is 0 Å². The topological polar surface area (TPSA) is 88.3 Å². The van der Waals surface area contributed by atoms with E-state index in [1.165, 1.54) is 0 Å². The van der Waals surface area contributed by atoms with Crippen molar-refractivity contribution in [2.45, 2.75) is 0 Å². The molecule has 1 N–H and O–H groups in total. The van der Waals surface area contributed by atoms with Gasteiger partial charge in [-0.1, -0.05) is 12.1 Å². The molecule has 0 aliphatic heterocycles. The molecule has 3 aromatic rings. The highest BCUT2D eigenvalue weighted by atomic mass is 16.5. The minimum absolute atomic E-state index is 0.241. The predicted molar refractivity (Wildman–Crippen MR) is 107 cm³/mol. The molecule has 138 valence electrons. The highest BCUT2D eigenvalue weighted by Gasteiger charge is 2.00. The molecule has 0 spiro atoms. The molecule has 28 heavy (non-hydrogen) atoms. The van der Waals surface area contributed by atoms with E-state index < -0.39 is 5.97 Å². The van der Waals surface area contributed by atoms with E-state index >= 15 is 0 Å². The Balaban J connectivity index is 1.62. The average molecular weight is 372 g/mol. The van der Waals surface area contributed by atoms with Crippen LogP contribution in [0.15, 0.2) is 82.8 Å². The van der Waals surface area contributed by atoms with Gasteiger partial charge in [-0.3, -0.25) is 14.8 Å². The lowest BCUT2D eigenvalue weighted by molar-refractivity contribution is -0.120. The zero-order chi connectivity index (χ0) is 19.8. The second-order valence-electron chi connectivity index (χ2n) is 5.74. The van der Waals surface area contributed by atoms with E-state index in [2.05, 4.69) is 9.98 Å². The van der Waals surface area contributed by atoms with Gasteiger partial charge in [0.2, 0.25) is 0 Å². The largest absolute Gasteiger partial charge is 0.478 e. The summed E-state index contributed by atoms with van der Waals surface area (Å²) in [5.41, 5.74) is 3.47. The van der Waals surface area contributed by atoms with Crippen LogP contribution in [0.25, 0.3) is 0 Å². The molecule has 0 saturated carbocycles. The number of ether oxygens (including phenoxy) is 1. The Kier molecular flexibility index (Phi) is 6.05. The number of aliphatic imine (C=N–C) groups is 2. The van der Waals surface area contributed by atoms with Crippen LogP contribution in [0.1, 0.15) is 21.5 Å². The van der Waals surface area contributed by atoms with Crippen molar-refractivity contribution in [1.82, 2.24) is 0 Å². The van der Waals surface area contributed by atoms with Gasteiger partial charge in [0.15, 0.2) is 0 Å². The number of rotatable bonds is 7. The maximum Gasteiger partial charge on any atom is 0.335 e. The highest BCUT2D eigenvalue weighted by molar-refractivity contribution is 5.89. The summed E-state index contributed by atoms with van der Waals surface area (Å²) in [5, 5.41) is 8.90. The lowest BCUT2D eigenvalue weighted by atomic mass is 10.1. The number of nitrogens with zero attached hydrogens (tertiary/aromatic N) is 2. The third-order valence-corrected chi connectivity index (χ3v) is 3.80. The molecule has 0 aromatic heterocycles. The van der Waals surface area contributed by atoms with Crippen LogP contribution in [0.2, 0.25) is 0 Å². The van der Waals surface area contributed by atoms with Crippen LogP contribution in [-0.4, -0.2) is 30.0 Å². The molecule has 0 atom stereocenters. The zero-order valence-corrected chi connectivity index (χ0v) is 14.7. The fourth-order valence-electron chi connectivity index (χ4n) is 2.32. The van der Waals surface area contributed by atoms with Gasteiger partial charge >= 0.3 is 5.97 Å². The third kappa shape index (κ3) is 5.22. The van der Waals surface area contributed by atoms with E-state index in [1.54, 1.807) is 61.0 Å². The molecule has 0 heterocycles. The maximum atomic E-state index is 10.8. The SMILES string of the molecule is O=COc1ccc(C=Nc2ccc(N=Cc3ccc(C(=O)O)cc3)cc2)cc1. The number of carboxylic acids is 1. The molecule has 0 radical (unpaired) electrons. The van der Waals surface area contributed by atoms with Crippen LogP contribution in [0.4, 0.5) is 11.4 Å². The molecule has 0 aliphatic rings. The Morgan fingerprint density at radius 2 is 1.21 bits per heavy atom. The minimum atomic E-state index is -0.954. The normalized spacial score (nSPS) is 11.0. The second-order valence-corrected chi connectivity index (χ2v) is 5.74. The predicted octanol–water partition coefficient (Wildman–Crippen LogP) is 4.42. The van der Waals surface area contributed by atoms with E-state index in [0.29, 0.717) is 12.2 Å². The Morgan fingerprint density at radius 3 is 1.64 bits per heavy atom. The fraction of sp³-hybridized carbons (Fsp3) is 0. The van der Waals surface area contributed by atoms with Crippen LogP contribution >= 0.6 is 0 Å². The van der Waals surface area contributed by atoms with E-state index in [-0.39, 0.29) is 5.56 Å². The number of hydrogen-bond donors (Lipinski definition) is 1. The number of aromatic carboxylic acids is 1. The summed E-state index contributed by atoms with van der Waals surface area (Å²) in [6, 6.07) is 20.9. The van der Waals surface area contributed by atoms with Gasteiger partial charge in [-0.2, -0.15) is 0 Å². The first kappa shape index (κ1) is 18.7. The molecule has 3 aromatic carbocycles. The molecular formula is C22H16N2O4. The maximum absolute atomic E-state index is 10.8. The van der Waals surface area contributed by atoms with Crippen LogP contribution < -0.4 is 4.74 Å². The quantitative estimate of drug-likeness (QED) is 0.491. The molecule has 0 amide bonds. The summed E-state index contributed by atoms with van der Waals surface area (Å²) in [7, 11) is 0. The van der Waals surface area contributed by atoms with Gasteiger partial charge in [-0.05, 0) is 71.8 Å². The smallest absolute Gasteiger partial charge is 0.335 e. The summed E-state index contributed by atoms with van der Waals surface area (Å²) in [4.78, 5) is 29.9. The zero-order valence-electron chi connectivity index (χ0n) is 14.7. The first-order valence-electron chi connectivity index (χ1n) is 8.36. The molecule has 0 bridgehead atoms. The average Bonchev–Trinajstić information content (AvgIpc) is 2.73. The molecule has 0 fully saturated rings. The number of carboxylic acid groups (broad SMARTS) is 1. The van der Waals surface area contributed by atoms with Gasteiger partial charge in [0.25, 0.3) is 6.47 Å².